The van der Waals surface area contributed by atoms with E-state index < -0.39 is 0 Å². The smallest absolute Gasteiger partial charge is 0.298 e. The third-order valence-corrected chi connectivity index (χ3v) is 6.97. The minimum absolute atomic E-state index is 0.00761. The van der Waals surface area contributed by atoms with Crippen LogP contribution in [0.4, 0.5) is 10.1 Å². The lowest BCUT2D eigenvalue weighted by atomic mass is 10.2. The third kappa shape index (κ3) is 4.29. The number of hydrogen-bond acceptors (Lipinski definition) is 6. The minimum Gasteiger partial charge on any atom is -0.448 e. The molecule has 0 radical (unpaired) electrons. The lowest BCUT2D eigenvalue weighted by molar-refractivity contribution is -0.113. The lowest BCUT2D eigenvalue weighted by Gasteiger charge is -2.11. The minimum atomic E-state index is -0.385. The highest BCUT2D eigenvalue weighted by Gasteiger charge is 2.19. The van der Waals surface area contributed by atoms with Gasteiger partial charge in [0.2, 0.25) is 11.5 Å². The van der Waals surface area contributed by atoms with Crippen LogP contribution in [0.1, 0.15) is 10.4 Å². The van der Waals surface area contributed by atoms with Crippen LogP contribution in [-0.4, -0.2) is 21.2 Å². The second-order valence-corrected chi connectivity index (χ2v) is 9.42. The van der Waals surface area contributed by atoms with Gasteiger partial charge in [-0.2, -0.15) is 0 Å². The van der Waals surface area contributed by atoms with Crippen LogP contribution in [0, 0.1) is 12.7 Å². The summed E-state index contributed by atoms with van der Waals surface area (Å²) >= 11 is 2.69. The van der Waals surface area contributed by atoms with E-state index in [0.717, 1.165) is 22.0 Å². The number of nitrogens with zero attached hydrogens (tertiary/aromatic N) is 2. The number of nitrogens with one attached hydrogen (secondary N) is 1. The Morgan fingerprint density at radius 2 is 2.06 bits per heavy atom. The fourth-order valence-electron chi connectivity index (χ4n) is 3.46. The van der Waals surface area contributed by atoms with Gasteiger partial charge < -0.3 is 9.73 Å². The van der Waals surface area contributed by atoms with Crippen molar-refractivity contribution in [1.29, 1.82) is 0 Å². The zero-order chi connectivity index (χ0) is 22.9. The molecule has 0 atom stereocenters. The number of aromatic nitrogens is 2. The highest BCUT2D eigenvalue weighted by Crippen LogP contribution is 2.28. The molecular formula is C24H18FN3O3S2. The van der Waals surface area contributed by atoms with Crippen molar-refractivity contribution >= 4 is 56.8 Å². The van der Waals surface area contributed by atoms with Gasteiger partial charge in [-0.15, -0.1) is 11.3 Å². The molecule has 0 bridgehead atoms. The van der Waals surface area contributed by atoms with E-state index in [2.05, 4.69) is 5.32 Å². The van der Waals surface area contributed by atoms with Crippen molar-refractivity contribution < 1.29 is 13.6 Å². The average Bonchev–Trinajstić information content (AvgIpc) is 3.45. The molecule has 0 aliphatic carbocycles. The summed E-state index contributed by atoms with van der Waals surface area (Å²) in [5.74, 6) is -0.699. The van der Waals surface area contributed by atoms with Crippen LogP contribution in [0.5, 0.6) is 0 Å². The summed E-state index contributed by atoms with van der Waals surface area (Å²) in [7, 11) is 0. The molecule has 166 valence electrons. The van der Waals surface area contributed by atoms with E-state index in [0.29, 0.717) is 34.1 Å². The molecule has 5 aromatic rings. The van der Waals surface area contributed by atoms with Gasteiger partial charge in [-0.1, -0.05) is 36.0 Å². The Morgan fingerprint density at radius 1 is 1.21 bits per heavy atom. The molecule has 1 amide bonds. The van der Waals surface area contributed by atoms with E-state index in [4.69, 9.17) is 9.40 Å². The lowest BCUT2D eigenvalue weighted by Crippen LogP contribution is -2.24. The maximum absolute atomic E-state index is 13.8. The van der Waals surface area contributed by atoms with Crippen LogP contribution >= 0.6 is 23.1 Å². The van der Waals surface area contributed by atoms with Gasteiger partial charge in [0.05, 0.1) is 12.3 Å². The Morgan fingerprint density at radius 3 is 2.85 bits per heavy atom. The van der Waals surface area contributed by atoms with Gasteiger partial charge in [0.15, 0.2) is 5.16 Å². The van der Waals surface area contributed by atoms with E-state index in [1.165, 1.54) is 22.0 Å². The molecule has 9 heteroatoms. The normalized spacial score (nSPS) is 11.3. The van der Waals surface area contributed by atoms with Crippen molar-refractivity contribution in [3.8, 4) is 0 Å². The molecule has 0 aliphatic rings. The Labute approximate surface area is 196 Å². The first kappa shape index (κ1) is 21.4. The number of fused-ring (bicyclic) bond motifs is 3. The maximum Gasteiger partial charge on any atom is 0.298 e. The quantitative estimate of drug-likeness (QED) is 0.260. The topological polar surface area (TPSA) is 77.1 Å². The van der Waals surface area contributed by atoms with Crippen LogP contribution in [-0.2, 0) is 11.3 Å². The number of para-hydroxylation sites is 1. The molecule has 3 aromatic heterocycles. The summed E-state index contributed by atoms with van der Waals surface area (Å²) in [6, 6.07) is 15.7. The Kier molecular flexibility index (Phi) is 5.74. The number of thioether (sulfide) groups is 1. The predicted octanol–water partition coefficient (Wildman–Crippen LogP) is 5.43. The first-order valence-corrected chi connectivity index (χ1v) is 12.0. The second-order valence-electron chi connectivity index (χ2n) is 7.44. The third-order valence-electron chi connectivity index (χ3n) is 5.13. The summed E-state index contributed by atoms with van der Waals surface area (Å²) < 4.78 is 21.1. The van der Waals surface area contributed by atoms with Crippen LogP contribution in [0.25, 0.3) is 22.1 Å². The molecule has 6 nitrogen and oxygen atoms in total. The summed E-state index contributed by atoms with van der Waals surface area (Å²) in [6.07, 6.45) is 0. The number of carbonyl (C=O) groups is 1. The standard InChI is InChI=1S/C24H18FN3O3S2/c1-14-8-9-15(11-18(14)25)26-20(29)13-33-24-27-21-17-6-2-3-7-19(17)31-22(21)23(30)28(24)12-16-5-4-10-32-16/h2-11H,12-13H2,1H3,(H,26,29). The number of carbonyl (C=O) groups excluding carboxylic acids is 1. The van der Waals surface area contributed by atoms with Crippen LogP contribution in [0.15, 0.2) is 74.3 Å². The van der Waals surface area contributed by atoms with Crippen molar-refractivity contribution in [2.24, 2.45) is 0 Å². The molecule has 0 fully saturated rings. The molecule has 2 aromatic carbocycles. The first-order chi connectivity index (χ1) is 16.0. The largest absolute Gasteiger partial charge is 0.448 e. The molecule has 0 saturated heterocycles. The van der Waals surface area contributed by atoms with E-state index >= 15 is 0 Å². The van der Waals surface area contributed by atoms with Crippen molar-refractivity contribution in [3.63, 3.8) is 0 Å². The molecule has 33 heavy (non-hydrogen) atoms. The Balaban J connectivity index is 1.48. The summed E-state index contributed by atoms with van der Waals surface area (Å²) in [4.78, 5) is 31.6. The highest BCUT2D eigenvalue weighted by molar-refractivity contribution is 7.99. The maximum atomic E-state index is 13.8. The van der Waals surface area contributed by atoms with Gasteiger partial charge in [-0.25, -0.2) is 9.37 Å². The number of rotatable bonds is 6. The fraction of sp³-hybridized carbons (Fsp3) is 0.125. The summed E-state index contributed by atoms with van der Waals surface area (Å²) in [6.45, 7) is 1.98. The van der Waals surface area contributed by atoms with E-state index in [-0.39, 0.29) is 28.6 Å². The predicted molar refractivity (Wildman–Crippen MR) is 130 cm³/mol. The monoisotopic (exact) mass is 479 g/mol. The summed E-state index contributed by atoms with van der Waals surface area (Å²) in [5, 5.41) is 5.79. The Hall–Kier alpha value is -3.43. The number of furan rings is 1. The van der Waals surface area contributed by atoms with E-state index in [9.17, 15) is 14.0 Å². The number of aryl methyl sites for hydroxylation is 1. The Bertz CT molecular complexity index is 1540. The van der Waals surface area contributed by atoms with Crippen LogP contribution in [0.3, 0.4) is 0 Å². The number of thiophene rings is 1. The van der Waals surface area contributed by atoms with Gasteiger partial charge in [0, 0.05) is 16.0 Å². The van der Waals surface area contributed by atoms with Gasteiger partial charge in [-0.3, -0.25) is 14.2 Å². The van der Waals surface area contributed by atoms with Gasteiger partial charge in [0.1, 0.15) is 16.9 Å². The number of hydrogen-bond donors (Lipinski definition) is 1. The molecular weight excluding hydrogens is 461 g/mol. The van der Waals surface area contributed by atoms with Gasteiger partial charge in [-0.05, 0) is 48.2 Å². The molecule has 0 unspecified atom stereocenters. The van der Waals surface area contributed by atoms with Crippen molar-refractivity contribution in [2.45, 2.75) is 18.6 Å². The SMILES string of the molecule is Cc1ccc(NC(=O)CSc2nc3c(oc4ccccc43)c(=O)n2Cc2cccs2)cc1F. The fourth-order valence-corrected chi connectivity index (χ4v) is 4.94. The number of amides is 1. The molecule has 1 N–H and O–H groups in total. The molecule has 3 heterocycles. The van der Waals surface area contributed by atoms with Crippen molar-refractivity contribution in [2.75, 3.05) is 11.1 Å². The van der Waals surface area contributed by atoms with E-state index in [1.54, 1.807) is 25.1 Å². The van der Waals surface area contributed by atoms with Crippen molar-refractivity contribution in [1.82, 2.24) is 9.55 Å². The summed E-state index contributed by atoms with van der Waals surface area (Å²) in [5.41, 5.74) is 1.83. The van der Waals surface area contributed by atoms with Crippen LogP contribution in [0.2, 0.25) is 0 Å². The molecule has 5 rings (SSSR count). The van der Waals surface area contributed by atoms with Crippen molar-refractivity contribution in [3.05, 3.63) is 86.6 Å². The zero-order valence-electron chi connectivity index (χ0n) is 17.5. The number of benzene rings is 2. The van der Waals surface area contributed by atoms with Gasteiger partial charge in [0.25, 0.3) is 5.56 Å². The van der Waals surface area contributed by atoms with Gasteiger partial charge >= 0.3 is 0 Å². The average molecular weight is 480 g/mol. The first-order valence-electron chi connectivity index (χ1n) is 10.1. The number of anilines is 1. The zero-order valence-corrected chi connectivity index (χ0v) is 19.1. The second kappa shape index (κ2) is 8.84. The molecule has 0 aliphatic heterocycles. The molecule has 0 spiro atoms. The molecule has 0 saturated carbocycles. The van der Waals surface area contributed by atoms with Crippen LogP contribution < -0.4 is 10.9 Å². The number of halogens is 1. The highest BCUT2D eigenvalue weighted by atomic mass is 32.2. The van der Waals surface area contributed by atoms with E-state index in [1.807, 2.05) is 35.7 Å².